The molecule has 0 bridgehead atoms. The lowest BCUT2D eigenvalue weighted by Crippen LogP contribution is -2.43. The summed E-state index contributed by atoms with van der Waals surface area (Å²) in [6.45, 7) is 1.86. The van der Waals surface area contributed by atoms with Crippen LogP contribution >= 0.6 is 0 Å². The maximum absolute atomic E-state index is 11.8. The summed E-state index contributed by atoms with van der Waals surface area (Å²) in [6, 6.07) is 2.87. The van der Waals surface area contributed by atoms with E-state index in [0.717, 1.165) is 5.56 Å². The standard InChI is InChI=1S/C12H17N3O3S/c1-9(10-2-5-13-6-3-10)14-12(16)15-11-4-7-19(17,18)8-11/h2-3,5-6,9,11H,4,7-8H2,1H3,(H2,14,15,16)/t9-,11-/m0/s1. The number of nitrogens with zero attached hydrogens (tertiary/aromatic N) is 1. The Labute approximate surface area is 112 Å². The van der Waals surface area contributed by atoms with Gasteiger partial charge in [-0.3, -0.25) is 4.98 Å². The van der Waals surface area contributed by atoms with Crippen molar-refractivity contribution in [2.24, 2.45) is 0 Å². The van der Waals surface area contributed by atoms with E-state index < -0.39 is 9.84 Å². The highest BCUT2D eigenvalue weighted by Crippen LogP contribution is 2.12. The first-order valence-electron chi connectivity index (χ1n) is 6.14. The van der Waals surface area contributed by atoms with Crippen LogP contribution in [0.5, 0.6) is 0 Å². The third-order valence-corrected chi connectivity index (χ3v) is 4.89. The first-order chi connectivity index (χ1) is 8.96. The zero-order valence-electron chi connectivity index (χ0n) is 10.7. The lowest BCUT2D eigenvalue weighted by atomic mass is 10.1. The highest BCUT2D eigenvalue weighted by Gasteiger charge is 2.29. The van der Waals surface area contributed by atoms with Crippen LogP contribution in [-0.2, 0) is 9.84 Å². The maximum Gasteiger partial charge on any atom is 0.315 e. The number of hydrogen-bond donors (Lipinski definition) is 2. The first-order valence-corrected chi connectivity index (χ1v) is 7.96. The smallest absolute Gasteiger partial charge is 0.315 e. The summed E-state index contributed by atoms with van der Waals surface area (Å²) in [4.78, 5) is 15.7. The third-order valence-electron chi connectivity index (χ3n) is 3.12. The second-order valence-electron chi connectivity index (χ2n) is 4.72. The van der Waals surface area contributed by atoms with Gasteiger partial charge in [0.15, 0.2) is 9.84 Å². The van der Waals surface area contributed by atoms with Gasteiger partial charge in [-0.15, -0.1) is 0 Å². The Morgan fingerprint density at radius 2 is 2.11 bits per heavy atom. The fraction of sp³-hybridized carbons (Fsp3) is 0.500. The molecule has 1 aliphatic heterocycles. The topological polar surface area (TPSA) is 88.2 Å². The number of carbonyl (C=O) groups excluding carboxylic acids is 1. The van der Waals surface area contributed by atoms with Gasteiger partial charge in [0.2, 0.25) is 0 Å². The van der Waals surface area contributed by atoms with Gasteiger partial charge in [0.25, 0.3) is 0 Å². The lowest BCUT2D eigenvalue weighted by Gasteiger charge is -2.17. The average Bonchev–Trinajstić information content (AvgIpc) is 2.69. The van der Waals surface area contributed by atoms with Gasteiger partial charge in [0.1, 0.15) is 0 Å². The van der Waals surface area contributed by atoms with E-state index in [1.54, 1.807) is 12.4 Å². The molecule has 1 aromatic heterocycles. The fourth-order valence-electron chi connectivity index (χ4n) is 2.07. The summed E-state index contributed by atoms with van der Waals surface area (Å²) >= 11 is 0. The van der Waals surface area contributed by atoms with Gasteiger partial charge in [-0.05, 0) is 31.0 Å². The first kappa shape index (κ1) is 13.8. The molecule has 1 saturated heterocycles. The minimum absolute atomic E-state index is 0.0318. The molecule has 1 fully saturated rings. The molecule has 6 nitrogen and oxygen atoms in total. The van der Waals surface area contributed by atoms with Crippen molar-refractivity contribution in [3.05, 3.63) is 30.1 Å². The van der Waals surface area contributed by atoms with Crippen molar-refractivity contribution < 1.29 is 13.2 Å². The summed E-state index contributed by atoms with van der Waals surface area (Å²) in [7, 11) is -2.97. The van der Waals surface area contributed by atoms with E-state index in [1.165, 1.54) is 0 Å². The van der Waals surface area contributed by atoms with Gasteiger partial charge in [0, 0.05) is 18.4 Å². The van der Waals surface area contributed by atoms with E-state index in [1.807, 2.05) is 19.1 Å². The summed E-state index contributed by atoms with van der Waals surface area (Å²) in [5.41, 5.74) is 0.948. The molecule has 0 aliphatic carbocycles. The normalized spacial score (nSPS) is 22.7. The Morgan fingerprint density at radius 1 is 1.42 bits per heavy atom. The van der Waals surface area contributed by atoms with Crippen molar-refractivity contribution in [2.75, 3.05) is 11.5 Å². The van der Waals surface area contributed by atoms with Crippen LogP contribution in [0, 0.1) is 0 Å². The predicted molar refractivity (Wildman–Crippen MR) is 71.4 cm³/mol. The molecular weight excluding hydrogens is 266 g/mol. The zero-order chi connectivity index (χ0) is 13.9. The molecule has 19 heavy (non-hydrogen) atoms. The molecule has 2 amide bonds. The van der Waals surface area contributed by atoms with Gasteiger partial charge in [-0.2, -0.15) is 0 Å². The molecule has 2 rings (SSSR count). The molecule has 7 heteroatoms. The highest BCUT2D eigenvalue weighted by atomic mass is 32.2. The summed E-state index contributed by atoms with van der Waals surface area (Å²) in [6.07, 6.45) is 3.81. The van der Waals surface area contributed by atoms with Crippen LogP contribution in [0.4, 0.5) is 4.79 Å². The number of carbonyl (C=O) groups is 1. The van der Waals surface area contributed by atoms with Crippen LogP contribution < -0.4 is 10.6 Å². The van der Waals surface area contributed by atoms with E-state index in [-0.39, 0.29) is 29.6 Å². The van der Waals surface area contributed by atoms with Crippen molar-refractivity contribution in [2.45, 2.75) is 25.4 Å². The van der Waals surface area contributed by atoms with Gasteiger partial charge >= 0.3 is 6.03 Å². The van der Waals surface area contributed by atoms with Gasteiger partial charge < -0.3 is 10.6 Å². The monoisotopic (exact) mass is 283 g/mol. The predicted octanol–water partition coefficient (Wildman–Crippen LogP) is 0.629. The minimum Gasteiger partial charge on any atom is -0.334 e. The number of aromatic nitrogens is 1. The SMILES string of the molecule is C[C@H](NC(=O)N[C@H]1CCS(=O)(=O)C1)c1ccncc1. The summed E-state index contributed by atoms with van der Waals surface area (Å²) in [5.74, 6) is 0.182. The molecule has 2 N–H and O–H groups in total. The average molecular weight is 283 g/mol. The maximum atomic E-state index is 11.8. The molecule has 2 atom stereocenters. The molecule has 0 radical (unpaired) electrons. The van der Waals surface area contributed by atoms with E-state index >= 15 is 0 Å². The molecular formula is C12H17N3O3S. The van der Waals surface area contributed by atoms with Crippen molar-refractivity contribution in [1.82, 2.24) is 15.6 Å². The highest BCUT2D eigenvalue weighted by molar-refractivity contribution is 7.91. The lowest BCUT2D eigenvalue weighted by molar-refractivity contribution is 0.235. The van der Waals surface area contributed by atoms with Crippen molar-refractivity contribution >= 4 is 15.9 Å². The van der Waals surface area contributed by atoms with Crippen LogP contribution in [0.15, 0.2) is 24.5 Å². The van der Waals surface area contributed by atoms with E-state index in [0.29, 0.717) is 6.42 Å². The largest absolute Gasteiger partial charge is 0.334 e. The Bertz CT molecular complexity index is 545. The number of nitrogens with one attached hydrogen (secondary N) is 2. The Morgan fingerprint density at radius 3 is 2.68 bits per heavy atom. The second-order valence-corrected chi connectivity index (χ2v) is 6.95. The molecule has 1 aromatic rings. The van der Waals surface area contributed by atoms with Gasteiger partial charge in [-0.25, -0.2) is 13.2 Å². The van der Waals surface area contributed by atoms with Crippen LogP contribution in [0.25, 0.3) is 0 Å². The molecule has 0 spiro atoms. The zero-order valence-corrected chi connectivity index (χ0v) is 11.5. The van der Waals surface area contributed by atoms with Crippen molar-refractivity contribution in [3.8, 4) is 0 Å². The van der Waals surface area contributed by atoms with Crippen molar-refractivity contribution in [1.29, 1.82) is 0 Å². The number of pyridine rings is 1. The Kier molecular flexibility index (Phi) is 4.04. The number of sulfone groups is 1. The fourth-order valence-corrected chi connectivity index (χ4v) is 3.74. The van der Waals surface area contributed by atoms with Crippen LogP contribution in [0.1, 0.15) is 24.9 Å². The van der Waals surface area contributed by atoms with Gasteiger partial charge in [-0.1, -0.05) is 0 Å². The number of hydrogen-bond acceptors (Lipinski definition) is 4. The van der Waals surface area contributed by atoms with Gasteiger partial charge in [0.05, 0.1) is 17.5 Å². The van der Waals surface area contributed by atoms with Crippen LogP contribution in [0.3, 0.4) is 0 Å². The molecule has 104 valence electrons. The summed E-state index contributed by atoms with van der Waals surface area (Å²) < 4.78 is 22.6. The quantitative estimate of drug-likeness (QED) is 0.851. The van der Waals surface area contributed by atoms with E-state index in [4.69, 9.17) is 0 Å². The second kappa shape index (κ2) is 5.56. The summed E-state index contributed by atoms with van der Waals surface area (Å²) in [5, 5.41) is 5.47. The number of amides is 2. The molecule has 0 saturated carbocycles. The van der Waals surface area contributed by atoms with Crippen molar-refractivity contribution in [3.63, 3.8) is 0 Å². The molecule has 0 aromatic carbocycles. The minimum atomic E-state index is -2.97. The van der Waals surface area contributed by atoms with E-state index in [2.05, 4.69) is 15.6 Å². The third kappa shape index (κ3) is 3.92. The molecule has 1 aliphatic rings. The van der Waals surface area contributed by atoms with Crippen LogP contribution in [0.2, 0.25) is 0 Å². The molecule has 0 unspecified atom stereocenters. The molecule has 2 heterocycles. The Hall–Kier alpha value is -1.63. The number of rotatable bonds is 3. The Balaban J connectivity index is 1.85. The van der Waals surface area contributed by atoms with E-state index in [9.17, 15) is 13.2 Å². The number of urea groups is 1. The van der Waals surface area contributed by atoms with Crippen LogP contribution in [-0.4, -0.2) is 37.0 Å².